The molecule has 0 aromatic carbocycles. The standard InChI is InChI=1S/C13H18FN2O14P3/c1-3-5-13(14)10(18)9(27-11(13)16-6-4-8(17)15-12(16)19)7(2)28-32(23,24)30-33(25,26)29-31(20,21)22/h4,6-7,9-11,18H,1-2H3,(H,23,24)(H,25,26)(H,15,17,19)(H2,20,21,22)/t7-,9-,10?,11-,13-/m1/s1. The Bertz CT molecular complexity index is 1210. The number of hydrogen-bond acceptors (Lipinski definition) is 10. The molecule has 1 saturated heterocycles. The number of hydrogen-bond donors (Lipinski definition) is 6. The summed E-state index contributed by atoms with van der Waals surface area (Å²) in [5, 5.41) is 10.5. The number of phosphoric ester groups is 1. The van der Waals surface area contributed by atoms with Crippen LogP contribution in [0.5, 0.6) is 0 Å². The summed E-state index contributed by atoms with van der Waals surface area (Å²) in [6, 6.07) is 0.847. The lowest BCUT2D eigenvalue weighted by atomic mass is 9.94. The van der Waals surface area contributed by atoms with Crippen LogP contribution in [0.2, 0.25) is 0 Å². The third-order valence-corrected chi connectivity index (χ3v) is 7.91. The summed E-state index contributed by atoms with van der Waals surface area (Å²) in [4.78, 5) is 61.1. The number of nitrogens with zero attached hydrogens (tertiary/aromatic N) is 1. The average molecular weight is 538 g/mol. The Balaban J connectivity index is 2.32. The van der Waals surface area contributed by atoms with Gasteiger partial charge in [0.25, 0.3) is 5.56 Å². The monoisotopic (exact) mass is 538 g/mol. The summed E-state index contributed by atoms with van der Waals surface area (Å²) >= 11 is 0. The van der Waals surface area contributed by atoms with Crippen molar-refractivity contribution in [3.8, 4) is 11.8 Å². The van der Waals surface area contributed by atoms with Gasteiger partial charge in [0.1, 0.15) is 12.2 Å². The molecule has 1 aromatic rings. The van der Waals surface area contributed by atoms with Crippen molar-refractivity contribution in [2.75, 3.05) is 0 Å². The summed E-state index contributed by atoms with van der Waals surface area (Å²) in [5.41, 5.74) is -4.96. The van der Waals surface area contributed by atoms with Crippen LogP contribution in [0.3, 0.4) is 0 Å². The van der Waals surface area contributed by atoms with Crippen LogP contribution in [0.25, 0.3) is 0 Å². The number of aliphatic hydroxyl groups is 1. The van der Waals surface area contributed by atoms with E-state index in [9.17, 15) is 38.2 Å². The second-order valence-electron chi connectivity index (χ2n) is 6.46. The third-order valence-electron chi connectivity index (χ3n) is 3.99. The fraction of sp³-hybridized carbons (Fsp3) is 0.538. The first kappa shape index (κ1) is 27.7. The number of aromatic nitrogens is 2. The quantitative estimate of drug-likeness (QED) is 0.176. The number of phosphoric acid groups is 3. The predicted octanol–water partition coefficient (Wildman–Crippen LogP) is -0.742. The van der Waals surface area contributed by atoms with Crippen LogP contribution in [-0.2, 0) is 31.6 Å². The Morgan fingerprint density at radius 3 is 2.33 bits per heavy atom. The Morgan fingerprint density at radius 1 is 1.21 bits per heavy atom. The smallest absolute Gasteiger partial charge is 0.386 e. The lowest BCUT2D eigenvalue weighted by molar-refractivity contribution is -0.0781. The minimum Gasteiger partial charge on any atom is -0.386 e. The van der Waals surface area contributed by atoms with Crippen LogP contribution < -0.4 is 11.2 Å². The third kappa shape index (κ3) is 6.77. The molecule has 0 saturated carbocycles. The van der Waals surface area contributed by atoms with E-state index in [0.717, 1.165) is 19.2 Å². The van der Waals surface area contributed by atoms with E-state index in [1.807, 2.05) is 10.9 Å². The lowest BCUT2D eigenvalue weighted by Crippen LogP contribution is -2.46. The normalized spacial score (nSPS) is 30.0. The fourth-order valence-electron chi connectivity index (χ4n) is 2.85. The van der Waals surface area contributed by atoms with Gasteiger partial charge in [-0.2, -0.15) is 8.62 Å². The maximum absolute atomic E-state index is 15.6. The van der Waals surface area contributed by atoms with Gasteiger partial charge >= 0.3 is 29.2 Å². The Labute approximate surface area is 183 Å². The van der Waals surface area contributed by atoms with Crippen molar-refractivity contribution in [2.24, 2.45) is 0 Å². The summed E-state index contributed by atoms with van der Waals surface area (Å²) in [6.07, 6.45) is -7.05. The van der Waals surface area contributed by atoms with Gasteiger partial charge in [0.15, 0.2) is 6.23 Å². The van der Waals surface area contributed by atoms with Crippen molar-refractivity contribution in [3.63, 3.8) is 0 Å². The summed E-state index contributed by atoms with van der Waals surface area (Å²) in [6.45, 7) is 2.13. The summed E-state index contributed by atoms with van der Waals surface area (Å²) < 4.78 is 67.2. The van der Waals surface area contributed by atoms with Gasteiger partial charge < -0.3 is 29.4 Å². The minimum absolute atomic E-state index is 0.548. The van der Waals surface area contributed by atoms with E-state index in [2.05, 4.69) is 19.1 Å². The van der Waals surface area contributed by atoms with E-state index in [4.69, 9.17) is 14.5 Å². The molecule has 16 nitrogen and oxygen atoms in total. The first-order valence-electron chi connectivity index (χ1n) is 8.51. The molecule has 2 rings (SSSR count). The molecule has 3 unspecified atom stereocenters. The summed E-state index contributed by atoms with van der Waals surface area (Å²) in [5.74, 6) is 4.21. The van der Waals surface area contributed by atoms with E-state index in [0.29, 0.717) is 4.57 Å². The first-order valence-corrected chi connectivity index (χ1v) is 13.0. The number of rotatable bonds is 8. The minimum atomic E-state index is -5.83. The Morgan fingerprint density at radius 2 is 1.82 bits per heavy atom. The number of nitrogens with one attached hydrogen (secondary N) is 1. The molecule has 0 bridgehead atoms. The highest BCUT2D eigenvalue weighted by Crippen LogP contribution is 2.66. The van der Waals surface area contributed by atoms with Gasteiger partial charge in [0, 0.05) is 12.3 Å². The van der Waals surface area contributed by atoms with E-state index >= 15 is 4.39 Å². The first-order chi connectivity index (χ1) is 14.9. The molecule has 1 fully saturated rings. The molecular weight excluding hydrogens is 520 g/mol. The highest BCUT2D eigenvalue weighted by Gasteiger charge is 2.60. The van der Waals surface area contributed by atoms with Crippen molar-refractivity contribution in [1.29, 1.82) is 0 Å². The van der Waals surface area contributed by atoms with Gasteiger partial charge in [0.05, 0.1) is 6.10 Å². The van der Waals surface area contributed by atoms with Crippen molar-refractivity contribution in [2.45, 2.75) is 44.1 Å². The van der Waals surface area contributed by atoms with Crippen LogP contribution in [-0.4, -0.2) is 58.2 Å². The van der Waals surface area contributed by atoms with Gasteiger partial charge in [-0.05, 0) is 13.8 Å². The number of halogens is 1. The molecule has 1 aromatic heterocycles. The molecule has 20 heteroatoms. The van der Waals surface area contributed by atoms with E-state index in [1.54, 1.807) is 0 Å². The maximum Gasteiger partial charge on any atom is 0.490 e. The largest absolute Gasteiger partial charge is 0.490 e. The zero-order chi connectivity index (χ0) is 25.4. The predicted molar refractivity (Wildman–Crippen MR) is 103 cm³/mol. The molecule has 0 amide bonds. The fourth-order valence-corrected chi connectivity index (χ4v) is 6.05. The average Bonchev–Trinajstić information content (AvgIpc) is 2.83. The number of H-pyrrole nitrogens is 1. The maximum atomic E-state index is 15.6. The molecule has 2 heterocycles. The van der Waals surface area contributed by atoms with Crippen LogP contribution in [0.15, 0.2) is 21.9 Å². The van der Waals surface area contributed by atoms with Gasteiger partial charge in [0.2, 0.25) is 5.67 Å². The molecular formula is C13H18FN2O14P3. The molecule has 1 aliphatic heterocycles. The lowest BCUT2D eigenvalue weighted by Gasteiger charge is -2.25. The van der Waals surface area contributed by atoms with Crippen LogP contribution >= 0.6 is 23.5 Å². The number of aromatic amines is 1. The second kappa shape index (κ2) is 9.63. The number of alkyl halides is 1. The number of ether oxygens (including phenoxy) is 1. The summed E-state index contributed by atoms with van der Waals surface area (Å²) in [7, 11) is -17.1. The Kier molecular flexibility index (Phi) is 8.10. The molecule has 0 aliphatic carbocycles. The van der Waals surface area contributed by atoms with Gasteiger partial charge in [-0.25, -0.2) is 22.9 Å². The zero-order valence-corrected chi connectivity index (χ0v) is 19.2. The van der Waals surface area contributed by atoms with Crippen molar-refractivity contribution < 1.29 is 60.6 Å². The Hall–Kier alpha value is -1.50. The molecule has 186 valence electrons. The van der Waals surface area contributed by atoms with E-state index < -0.39 is 64.9 Å². The van der Waals surface area contributed by atoms with Crippen LogP contribution in [0.1, 0.15) is 20.1 Å². The molecule has 0 spiro atoms. The van der Waals surface area contributed by atoms with Crippen molar-refractivity contribution in [3.05, 3.63) is 33.1 Å². The second-order valence-corrected chi connectivity index (χ2v) is 10.8. The molecule has 6 N–H and O–H groups in total. The topological polar surface area (TPSA) is 244 Å². The molecule has 0 radical (unpaired) electrons. The van der Waals surface area contributed by atoms with Crippen molar-refractivity contribution in [1.82, 2.24) is 9.55 Å². The SMILES string of the molecule is CC#C[C@@]1(F)C(O)[C@@H]([C@@H](C)OP(=O)(O)OP(=O)(O)OP(=O)(O)O)O[C@H]1n1ccc(=O)[nH]c1=O. The van der Waals surface area contributed by atoms with Gasteiger partial charge in [-0.15, -0.1) is 5.92 Å². The zero-order valence-electron chi connectivity index (χ0n) is 16.5. The highest BCUT2D eigenvalue weighted by atomic mass is 31.3. The van der Waals surface area contributed by atoms with Gasteiger partial charge in [-0.1, -0.05) is 5.92 Å². The molecule has 1 aliphatic rings. The highest BCUT2D eigenvalue weighted by molar-refractivity contribution is 7.66. The van der Waals surface area contributed by atoms with Crippen LogP contribution in [0.4, 0.5) is 4.39 Å². The van der Waals surface area contributed by atoms with Gasteiger partial charge in [-0.3, -0.25) is 18.9 Å². The van der Waals surface area contributed by atoms with E-state index in [-0.39, 0.29) is 0 Å². The molecule has 33 heavy (non-hydrogen) atoms. The molecule has 7 atom stereocenters. The number of aliphatic hydroxyl groups excluding tert-OH is 1. The van der Waals surface area contributed by atoms with E-state index in [1.165, 1.54) is 6.92 Å². The van der Waals surface area contributed by atoms with Crippen molar-refractivity contribution >= 4 is 23.5 Å². The van der Waals surface area contributed by atoms with Crippen LogP contribution in [0, 0.1) is 11.8 Å².